The van der Waals surface area contributed by atoms with Gasteiger partial charge in [0.2, 0.25) is 0 Å². The Morgan fingerprint density at radius 3 is 2.94 bits per heavy atom. The Bertz CT molecular complexity index is 571. The molecule has 18 heavy (non-hydrogen) atoms. The van der Waals surface area contributed by atoms with Gasteiger partial charge in [-0.1, -0.05) is 44.0 Å². The van der Waals surface area contributed by atoms with Gasteiger partial charge in [0.25, 0.3) is 0 Å². The number of rotatable bonds is 1. The molecular formula is C14H14Br2N2. The minimum atomic E-state index is 0.579. The van der Waals surface area contributed by atoms with Crippen molar-refractivity contribution in [2.24, 2.45) is 0 Å². The summed E-state index contributed by atoms with van der Waals surface area (Å²) in [6.07, 6.45) is 4.38. The molecule has 94 valence electrons. The summed E-state index contributed by atoms with van der Waals surface area (Å²) in [4.78, 5) is 7.56. The van der Waals surface area contributed by atoms with E-state index in [1.165, 1.54) is 23.6 Å². The van der Waals surface area contributed by atoms with E-state index in [1.807, 2.05) is 6.20 Å². The molecular weight excluding hydrogens is 356 g/mol. The second-order valence-electron chi connectivity index (χ2n) is 4.66. The van der Waals surface area contributed by atoms with Crippen LogP contribution < -0.4 is 4.90 Å². The third kappa shape index (κ3) is 2.28. The van der Waals surface area contributed by atoms with Gasteiger partial charge in [-0.15, -0.1) is 0 Å². The van der Waals surface area contributed by atoms with Crippen LogP contribution in [0.4, 0.5) is 5.82 Å². The summed E-state index contributed by atoms with van der Waals surface area (Å²) in [6.45, 7) is 2.14. The van der Waals surface area contributed by atoms with E-state index in [-0.39, 0.29) is 0 Å². The summed E-state index contributed by atoms with van der Waals surface area (Å²) in [5, 5.41) is 2.47. The van der Waals surface area contributed by atoms with Gasteiger partial charge in [0.05, 0.1) is 0 Å². The molecule has 0 amide bonds. The lowest BCUT2D eigenvalue weighted by molar-refractivity contribution is 0.593. The van der Waals surface area contributed by atoms with Crippen molar-refractivity contribution < 1.29 is 0 Å². The zero-order valence-electron chi connectivity index (χ0n) is 9.94. The van der Waals surface area contributed by atoms with Crippen molar-refractivity contribution in [2.45, 2.75) is 17.7 Å². The maximum atomic E-state index is 4.59. The Balaban J connectivity index is 2.09. The topological polar surface area (TPSA) is 16.1 Å². The molecule has 2 nitrogen and oxygen atoms in total. The fourth-order valence-electron chi connectivity index (χ4n) is 2.52. The fourth-order valence-corrected chi connectivity index (χ4v) is 3.69. The molecule has 0 spiro atoms. The number of piperidine rings is 1. The molecule has 0 saturated carbocycles. The van der Waals surface area contributed by atoms with Crippen LogP contribution in [0.1, 0.15) is 12.8 Å². The van der Waals surface area contributed by atoms with Gasteiger partial charge < -0.3 is 4.90 Å². The second-order valence-corrected chi connectivity index (χ2v) is 6.80. The normalized spacial score (nSPS) is 20.3. The van der Waals surface area contributed by atoms with Gasteiger partial charge in [-0.25, -0.2) is 4.98 Å². The van der Waals surface area contributed by atoms with Crippen LogP contribution in [0.2, 0.25) is 0 Å². The van der Waals surface area contributed by atoms with Gasteiger partial charge in [0, 0.05) is 39.4 Å². The molecule has 0 N–H and O–H groups in total. The second kappa shape index (κ2) is 5.17. The molecule has 4 heteroatoms. The van der Waals surface area contributed by atoms with Gasteiger partial charge in [0.1, 0.15) is 5.82 Å². The Hall–Kier alpha value is -0.610. The number of anilines is 1. The van der Waals surface area contributed by atoms with Crippen molar-refractivity contribution in [1.82, 2.24) is 4.98 Å². The molecule has 1 aromatic carbocycles. The van der Waals surface area contributed by atoms with Crippen molar-refractivity contribution >= 4 is 48.5 Å². The summed E-state index contributed by atoms with van der Waals surface area (Å²) in [6, 6.07) is 8.38. The van der Waals surface area contributed by atoms with E-state index < -0.39 is 0 Å². The average molecular weight is 370 g/mol. The van der Waals surface area contributed by atoms with Crippen molar-refractivity contribution in [2.75, 3.05) is 18.0 Å². The first-order chi connectivity index (χ1) is 8.75. The fraction of sp³-hybridized carbons (Fsp3) is 0.357. The third-order valence-corrected chi connectivity index (χ3v) is 4.83. The van der Waals surface area contributed by atoms with E-state index in [2.05, 4.69) is 66.0 Å². The Kier molecular flexibility index (Phi) is 3.57. The van der Waals surface area contributed by atoms with Gasteiger partial charge in [-0.2, -0.15) is 0 Å². The molecule has 1 fully saturated rings. The maximum Gasteiger partial charge on any atom is 0.136 e. The van der Waals surface area contributed by atoms with Gasteiger partial charge in [-0.05, 0) is 25.0 Å². The first kappa shape index (κ1) is 12.4. The lowest BCUT2D eigenvalue weighted by Crippen LogP contribution is -2.36. The number of hydrogen-bond donors (Lipinski definition) is 0. The SMILES string of the molecule is Brc1cccc2c(N3CCCC(Br)C3)nccc12. The number of alkyl halides is 1. The monoisotopic (exact) mass is 368 g/mol. The van der Waals surface area contributed by atoms with E-state index in [4.69, 9.17) is 0 Å². The minimum absolute atomic E-state index is 0.579. The highest BCUT2D eigenvalue weighted by molar-refractivity contribution is 9.10. The standard InChI is InChI=1S/C14H14Br2N2/c15-10-3-2-8-18(9-10)14-12-4-1-5-13(16)11(12)6-7-17-14/h1,4-7,10H,2-3,8-9H2. The number of aromatic nitrogens is 1. The first-order valence-corrected chi connectivity index (χ1v) is 7.89. The van der Waals surface area contributed by atoms with Crippen LogP contribution in [-0.4, -0.2) is 22.9 Å². The van der Waals surface area contributed by atoms with Crippen molar-refractivity contribution in [3.05, 3.63) is 34.9 Å². The number of fused-ring (bicyclic) bond motifs is 1. The van der Waals surface area contributed by atoms with Crippen LogP contribution in [0.3, 0.4) is 0 Å². The number of halogens is 2. The molecule has 1 aromatic heterocycles. The van der Waals surface area contributed by atoms with Crippen LogP contribution in [0.5, 0.6) is 0 Å². The lowest BCUT2D eigenvalue weighted by atomic mass is 10.1. The van der Waals surface area contributed by atoms with E-state index in [1.54, 1.807) is 0 Å². The van der Waals surface area contributed by atoms with E-state index >= 15 is 0 Å². The predicted molar refractivity (Wildman–Crippen MR) is 83.6 cm³/mol. The minimum Gasteiger partial charge on any atom is -0.355 e. The largest absolute Gasteiger partial charge is 0.355 e. The molecule has 2 aromatic rings. The highest BCUT2D eigenvalue weighted by Crippen LogP contribution is 2.31. The smallest absolute Gasteiger partial charge is 0.136 e. The van der Waals surface area contributed by atoms with Crippen molar-refractivity contribution in [3.63, 3.8) is 0 Å². The van der Waals surface area contributed by atoms with Crippen LogP contribution in [0.25, 0.3) is 10.8 Å². The maximum absolute atomic E-state index is 4.59. The van der Waals surface area contributed by atoms with Crippen LogP contribution >= 0.6 is 31.9 Å². The molecule has 3 rings (SSSR count). The molecule has 0 bridgehead atoms. The highest BCUT2D eigenvalue weighted by atomic mass is 79.9. The Morgan fingerprint density at radius 1 is 1.22 bits per heavy atom. The summed E-state index contributed by atoms with van der Waals surface area (Å²) in [5.41, 5.74) is 0. The van der Waals surface area contributed by atoms with Crippen molar-refractivity contribution in [3.8, 4) is 0 Å². The molecule has 1 atom stereocenters. The lowest BCUT2D eigenvalue weighted by Gasteiger charge is -2.31. The van der Waals surface area contributed by atoms with E-state index in [0.29, 0.717) is 4.83 Å². The molecule has 2 heterocycles. The van der Waals surface area contributed by atoms with Crippen LogP contribution in [-0.2, 0) is 0 Å². The number of pyridine rings is 1. The molecule has 0 aliphatic carbocycles. The van der Waals surface area contributed by atoms with Gasteiger partial charge >= 0.3 is 0 Å². The number of benzene rings is 1. The predicted octanol–water partition coefficient (Wildman–Crippen LogP) is 4.36. The quantitative estimate of drug-likeness (QED) is 0.694. The number of hydrogen-bond acceptors (Lipinski definition) is 2. The molecule has 0 radical (unpaired) electrons. The summed E-state index contributed by atoms with van der Waals surface area (Å²) < 4.78 is 1.14. The van der Waals surface area contributed by atoms with Gasteiger partial charge in [0.15, 0.2) is 0 Å². The molecule has 1 unspecified atom stereocenters. The van der Waals surface area contributed by atoms with Crippen LogP contribution in [0.15, 0.2) is 34.9 Å². The molecule has 1 aliphatic heterocycles. The summed E-state index contributed by atoms with van der Waals surface area (Å²) in [7, 11) is 0. The number of nitrogens with zero attached hydrogens (tertiary/aromatic N) is 2. The highest BCUT2D eigenvalue weighted by Gasteiger charge is 2.20. The zero-order chi connectivity index (χ0) is 12.5. The summed E-state index contributed by atoms with van der Waals surface area (Å²) >= 11 is 7.34. The zero-order valence-corrected chi connectivity index (χ0v) is 13.1. The van der Waals surface area contributed by atoms with Crippen molar-refractivity contribution in [1.29, 1.82) is 0 Å². The summed E-state index contributed by atoms with van der Waals surface area (Å²) in [5.74, 6) is 1.11. The van der Waals surface area contributed by atoms with Crippen LogP contribution in [0, 0.1) is 0 Å². The first-order valence-electron chi connectivity index (χ1n) is 6.18. The average Bonchev–Trinajstić information content (AvgIpc) is 2.39. The van der Waals surface area contributed by atoms with Gasteiger partial charge in [-0.3, -0.25) is 0 Å². The van der Waals surface area contributed by atoms with E-state index in [9.17, 15) is 0 Å². The Labute approximate surface area is 124 Å². The Morgan fingerprint density at radius 2 is 2.11 bits per heavy atom. The molecule has 1 saturated heterocycles. The molecule has 1 aliphatic rings. The van der Waals surface area contributed by atoms with E-state index in [0.717, 1.165) is 23.4 Å². The third-order valence-electron chi connectivity index (χ3n) is 3.40.